The average Bonchev–Trinajstić information content (AvgIpc) is 3.17. The Hall–Kier alpha value is -1.02. The van der Waals surface area contributed by atoms with Crippen molar-refractivity contribution in [1.29, 1.82) is 0 Å². The van der Waals surface area contributed by atoms with Crippen LogP contribution in [0.4, 0.5) is 11.4 Å². The quantitative estimate of drug-likeness (QED) is 0.709. The van der Waals surface area contributed by atoms with Gasteiger partial charge < -0.3 is 20.4 Å². The summed E-state index contributed by atoms with van der Waals surface area (Å²) in [6, 6.07) is 3.69. The zero-order chi connectivity index (χ0) is 18.6. The van der Waals surface area contributed by atoms with Gasteiger partial charge in [-0.15, -0.1) is 12.4 Å². The molecule has 154 valence electrons. The highest BCUT2D eigenvalue weighted by Crippen LogP contribution is 2.31. The number of piperazine rings is 1. The minimum Gasteiger partial charge on any atom is -0.383 e. The molecule has 0 amide bonds. The molecular weight excluding hydrogens is 384 g/mol. The molecule has 0 radical (unpaired) electrons. The maximum Gasteiger partial charge on any atom is 0.178 e. The van der Waals surface area contributed by atoms with Crippen LogP contribution >= 0.6 is 12.4 Å². The Bertz CT molecular complexity index is 715. The highest BCUT2D eigenvalue weighted by molar-refractivity contribution is 7.91. The minimum atomic E-state index is -3.23. The van der Waals surface area contributed by atoms with Gasteiger partial charge in [-0.2, -0.15) is 0 Å². The molecule has 0 bridgehead atoms. The molecule has 6 nitrogen and oxygen atoms in total. The Morgan fingerprint density at radius 2 is 1.78 bits per heavy atom. The van der Waals surface area contributed by atoms with Crippen LogP contribution in [0.2, 0.25) is 0 Å². The molecule has 0 spiro atoms. The molecule has 8 heteroatoms. The number of benzene rings is 1. The molecule has 2 N–H and O–H groups in total. The Balaban J connectivity index is 0.00000261. The number of sulfone groups is 1. The van der Waals surface area contributed by atoms with E-state index < -0.39 is 9.84 Å². The Kier molecular flexibility index (Phi) is 8.21. The zero-order valence-electron chi connectivity index (χ0n) is 16.5. The van der Waals surface area contributed by atoms with Crippen LogP contribution in [0.15, 0.2) is 17.0 Å². The van der Waals surface area contributed by atoms with Gasteiger partial charge in [0.15, 0.2) is 9.84 Å². The third kappa shape index (κ3) is 5.50. The fourth-order valence-electron chi connectivity index (χ4n) is 3.79. The molecule has 2 heterocycles. The molecule has 27 heavy (non-hydrogen) atoms. The van der Waals surface area contributed by atoms with Gasteiger partial charge in [-0.25, -0.2) is 8.42 Å². The van der Waals surface area contributed by atoms with E-state index in [2.05, 4.69) is 27.4 Å². The first kappa shape index (κ1) is 22.3. The van der Waals surface area contributed by atoms with E-state index in [9.17, 15) is 8.42 Å². The molecule has 2 aliphatic rings. The average molecular weight is 417 g/mol. The first-order chi connectivity index (χ1) is 12.5. The Labute approximate surface area is 170 Å². The van der Waals surface area contributed by atoms with Crippen LogP contribution in [0.1, 0.15) is 25.3 Å². The van der Waals surface area contributed by atoms with Crippen LogP contribution in [-0.2, 0) is 9.84 Å². The monoisotopic (exact) mass is 416 g/mol. The molecule has 0 unspecified atom stereocenters. The van der Waals surface area contributed by atoms with E-state index in [0.29, 0.717) is 4.90 Å². The molecular formula is C19H33ClN4O2S. The van der Waals surface area contributed by atoms with Crippen molar-refractivity contribution in [3.63, 3.8) is 0 Å². The summed E-state index contributed by atoms with van der Waals surface area (Å²) in [5.41, 5.74) is 3.14. The maximum absolute atomic E-state index is 12.5. The largest absolute Gasteiger partial charge is 0.383 e. The fourth-order valence-corrected chi connectivity index (χ4v) is 4.71. The summed E-state index contributed by atoms with van der Waals surface area (Å²) in [4.78, 5) is 5.20. The molecule has 0 atom stereocenters. The van der Waals surface area contributed by atoms with Crippen molar-refractivity contribution in [3.8, 4) is 0 Å². The van der Waals surface area contributed by atoms with Crippen LogP contribution in [0.5, 0.6) is 0 Å². The van der Waals surface area contributed by atoms with Gasteiger partial charge in [0.2, 0.25) is 0 Å². The number of nitrogens with zero attached hydrogens (tertiary/aromatic N) is 2. The van der Waals surface area contributed by atoms with Crippen molar-refractivity contribution in [3.05, 3.63) is 17.7 Å². The van der Waals surface area contributed by atoms with E-state index in [-0.39, 0.29) is 18.2 Å². The fraction of sp³-hybridized carbons (Fsp3) is 0.684. The van der Waals surface area contributed by atoms with Crippen LogP contribution in [0.3, 0.4) is 0 Å². The third-order valence-corrected chi connectivity index (χ3v) is 7.21. The van der Waals surface area contributed by atoms with Crippen molar-refractivity contribution in [2.45, 2.75) is 31.6 Å². The summed E-state index contributed by atoms with van der Waals surface area (Å²) in [5.74, 6) is 0.129. The van der Waals surface area contributed by atoms with Crippen molar-refractivity contribution in [2.75, 3.05) is 68.3 Å². The van der Waals surface area contributed by atoms with Crippen LogP contribution < -0.4 is 15.5 Å². The summed E-state index contributed by atoms with van der Waals surface area (Å²) in [6.45, 7) is 11.7. The highest BCUT2D eigenvalue weighted by atomic mass is 35.5. The molecule has 1 aromatic rings. The molecule has 3 rings (SSSR count). The smallest absolute Gasteiger partial charge is 0.178 e. The van der Waals surface area contributed by atoms with Gasteiger partial charge in [0.25, 0.3) is 0 Å². The highest BCUT2D eigenvalue weighted by Gasteiger charge is 2.21. The lowest BCUT2D eigenvalue weighted by Crippen LogP contribution is -2.43. The number of hydrogen-bond donors (Lipinski definition) is 2. The third-order valence-electron chi connectivity index (χ3n) is 5.49. The Morgan fingerprint density at radius 1 is 1.11 bits per heavy atom. The van der Waals surface area contributed by atoms with E-state index in [0.717, 1.165) is 56.2 Å². The SMILES string of the molecule is CCS(=O)(=O)c1cc(NCCN2CCCC2)c(C)c(N2CCNCC2)c1.Cl. The van der Waals surface area contributed by atoms with Gasteiger partial charge in [-0.1, -0.05) is 6.92 Å². The first-order valence-electron chi connectivity index (χ1n) is 9.80. The molecule has 1 aromatic carbocycles. The predicted molar refractivity (Wildman–Crippen MR) is 115 cm³/mol. The van der Waals surface area contributed by atoms with E-state index >= 15 is 0 Å². The summed E-state index contributed by atoms with van der Waals surface area (Å²) >= 11 is 0. The van der Waals surface area contributed by atoms with Gasteiger partial charge >= 0.3 is 0 Å². The summed E-state index contributed by atoms with van der Waals surface area (Å²) < 4.78 is 25.0. The normalized spacial score (nSPS) is 18.4. The van der Waals surface area contributed by atoms with Gasteiger partial charge in [0.1, 0.15) is 0 Å². The maximum atomic E-state index is 12.5. The van der Waals surface area contributed by atoms with Crippen LogP contribution in [0.25, 0.3) is 0 Å². The molecule has 0 saturated carbocycles. The standard InChI is InChI=1S/C19H32N4O2S.ClH/c1-3-26(24,25)17-14-18(21-8-11-22-9-4-5-10-22)16(2)19(15-17)23-12-6-20-7-13-23;/h14-15,20-21H,3-13H2,1-2H3;1H. The number of rotatable bonds is 7. The summed E-state index contributed by atoms with van der Waals surface area (Å²) in [6.07, 6.45) is 2.58. The second-order valence-electron chi connectivity index (χ2n) is 7.23. The number of halogens is 1. The molecule has 0 aliphatic carbocycles. The number of anilines is 2. The van der Waals surface area contributed by atoms with Crippen molar-refractivity contribution < 1.29 is 8.42 Å². The topological polar surface area (TPSA) is 64.7 Å². The second-order valence-corrected chi connectivity index (χ2v) is 9.51. The van der Waals surface area contributed by atoms with Gasteiger partial charge in [-0.05, 0) is 50.6 Å². The van der Waals surface area contributed by atoms with E-state index in [1.807, 2.05) is 12.1 Å². The van der Waals surface area contributed by atoms with Crippen molar-refractivity contribution >= 4 is 33.6 Å². The number of hydrogen-bond acceptors (Lipinski definition) is 6. The minimum absolute atomic E-state index is 0. The number of likely N-dealkylation sites (tertiary alicyclic amines) is 1. The van der Waals surface area contributed by atoms with E-state index in [4.69, 9.17) is 0 Å². The lowest BCUT2D eigenvalue weighted by atomic mass is 10.1. The van der Waals surface area contributed by atoms with Crippen LogP contribution in [0, 0.1) is 6.92 Å². The predicted octanol–water partition coefficient (Wildman–Crippen LogP) is 2.13. The van der Waals surface area contributed by atoms with Gasteiger partial charge in [0, 0.05) is 50.6 Å². The first-order valence-corrected chi connectivity index (χ1v) is 11.5. The number of nitrogens with one attached hydrogen (secondary N) is 2. The molecule has 2 aliphatic heterocycles. The summed E-state index contributed by atoms with van der Waals surface area (Å²) in [7, 11) is -3.23. The van der Waals surface area contributed by atoms with Crippen LogP contribution in [-0.4, -0.2) is 71.4 Å². The second kappa shape index (κ2) is 9.96. The summed E-state index contributed by atoms with van der Waals surface area (Å²) in [5, 5.41) is 6.87. The molecule has 0 aromatic heterocycles. The van der Waals surface area contributed by atoms with Gasteiger partial charge in [0.05, 0.1) is 10.6 Å². The lowest BCUT2D eigenvalue weighted by Gasteiger charge is -2.32. The van der Waals surface area contributed by atoms with Crippen molar-refractivity contribution in [1.82, 2.24) is 10.2 Å². The van der Waals surface area contributed by atoms with Gasteiger partial charge in [-0.3, -0.25) is 0 Å². The zero-order valence-corrected chi connectivity index (χ0v) is 18.1. The van der Waals surface area contributed by atoms with Crippen molar-refractivity contribution in [2.24, 2.45) is 0 Å². The van der Waals surface area contributed by atoms with E-state index in [1.54, 1.807) is 6.92 Å². The molecule has 2 fully saturated rings. The Morgan fingerprint density at radius 3 is 2.41 bits per heavy atom. The molecule has 2 saturated heterocycles. The van der Waals surface area contributed by atoms with E-state index in [1.165, 1.54) is 25.9 Å². The lowest BCUT2D eigenvalue weighted by molar-refractivity contribution is 0.352.